The number of anilines is 1. The van der Waals surface area contributed by atoms with Crippen molar-refractivity contribution in [2.24, 2.45) is 11.3 Å². The summed E-state index contributed by atoms with van der Waals surface area (Å²) in [6.07, 6.45) is 6.16. The fraction of sp³-hybridized carbons (Fsp3) is 0.391. The van der Waals surface area contributed by atoms with Gasteiger partial charge < -0.3 is 15.2 Å². The first-order valence-electron chi connectivity index (χ1n) is 10.5. The zero-order valence-corrected chi connectivity index (χ0v) is 17.2. The monoisotopic (exact) mass is 418 g/mol. The number of carbonyl (C=O) groups is 1. The van der Waals surface area contributed by atoms with Crippen molar-refractivity contribution in [2.45, 2.75) is 32.2 Å². The molecule has 2 aromatic heterocycles. The Hall–Kier alpha value is -3.47. The van der Waals surface area contributed by atoms with Gasteiger partial charge >= 0.3 is 0 Å². The van der Waals surface area contributed by atoms with Crippen LogP contribution in [0.15, 0.2) is 36.8 Å². The lowest BCUT2D eigenvalue weighted by Crippen LogP contribution is -2.48. The Morgan fingerprint density at radius 3 is 2.97 bits per heavy atom. The van der Waals surface area contributed by atoms with Crippen molar-refractivity contribution in [1.29, 1.82) is 5.26 Å². The highest BCUT2D eigenvalue weighted by Crippen LogP contribution is 2.56. The maximum absolute atomic E-state index is 14.4. The number of hydrogen-bond acceptors (Lipinski definition) is 5. The number of rotatable bonds is 4. The van der Waals surface area contributed by atoms with E-state index in [1.807, 2.05) is 18.3 Å². The van der Waals surface area contributed by atoms with Crippen LogP contribution in [0.2, 0.25) is 0 Å². The first-order valence-corrected chi connectivity index (χ1v) is 10.5. The molecule has 5 rings (SSSR count). The van der Waals surface area contributed by atoms with E-state index < -0.39 is 11.9 Å². The van der Waals surface area contributed by atoms with E-state index >= 15 is 0 Å². The molecule has 1 amide bonds. The van der Waals surface area contributed by atoms with Crippen LogP contribution in [0.5, 0.6) is 0 Å². The number of benzene rings is 1. The quantitative estimate of drug-likeness (QED) is 0.676. The minimum atomic E-state index is -0.470. The molecule has 2 aliphatic rings. The summed E-state index contributed by atoms with van der Waals surface area (Å²) in [5.41, 5.74) is 1.42. The Kier molecular flexibility index (Phi) is 4.62. The van der Waals surface area contributed by atoms with Gasteiger partial charge in [0.25, 0.3) is 0 Å². The number of piperidine rings is 1. The van der Waals surface area contributed by atoms with Gasteiger partial charge in [-0.05, 0) is 49.8 Å². The van der Waals surface area contributed by atoms with Crippen LogP contribution in [-0.2, 0) is 4.79 Å². The van der Waals surface area contributed by atoms with Crippen LogP contribution in [-0.4, -0.2) is 33.9 Å². The number of nitrogens with zero attached hydrogens (tertiary/aromatic N) is 4. The Morgan fingerprint density at radius 2 is 2.23 bits per heavy atom. The Balaban J connectivity index is 1.30. The van der Waals surface area contributed by atoms with Crippen molar-refractivity contribution < 1.29 is 9.18 Å². The summed E-state index contributed by atoms with van der Waals surface area (Å²) < 4.78 is 14.4. The van der Waals surface area contributed by atoms with Gasteiger partial charge in [0.05, 0.1) is 23.1 Å². The number of fused-ring (bicyclic) bond motifs is 1. The summed E-state index contributed by atoms with van der Waals surface area (Å²) in [6.45, 7) is 3.29. The van der Waals surface area contributed by atoms with Crippen molar-refractivity contribution in [2.75, 3.05) is 18.0 Å². The van der Waals surface area contributed by atoms with E-state index in [1.165, 1.54) is 6.07 Å². The maximum atomic E-state index is 14.4. The average molecular weight is 418 g/mol. The molecule has 1 aliphatic heterocycles. The van der Waals surface area contributed by atoms with E-state index in [9.17, 15) is 9.18 Å². The highest BCUT2D eigenvalue weighted by Gasteiger charge is 2.55. The average Bonchev–Trinajstić information content (AvgIpc) is 3.34. The van der Waals surface area contributed by atoms with Crippen LogP contribution >= 0.6 is 0 Å². The van der Waals surface area contributed by atoms with Crippen molar-refractivity contribution in [3.05, 3.63) is 53.7 Å². The van der Waals surface area contributed by atoms with Gasteiger partial charge in [-0.1, -0.05) is 6.07 Å². The molecular weight excluding hydrogens is 395 g/mol. The number of nitriles is 1. The standard InChI is InChI=1S/C23H23FN6O/c1-14(16-3-2-15(11-25)10-19(16)24)29-22(31)18-5-9-30(12-23(18)6-7-23)21-17-4-8-26-20(17)27-13-28-21/h2-4,8,10,13-14,18H,5-7,9,12H2,1H3,(H,29,31)(H,26,27,28)/t14?,18-/m1/s1. The van der Waals surface area contributed by atoms with Gasteiger partial charge in [0.1, 0.15) is 23.6 Å². The third-order valence-corrected chi connectivity index (χ3v) is 6.73. The van der Waals surface area contributed by atoms with E-state index in [4.69, 9.17) is 5.26 Å². The zero-order chi connectivity index (χ0) is 21.6. The largest absolute Gasteiger partial charge is 0.355 e. The van der Waals surface area contributed by atoms with Crippen LogP contribution in [0.1, 0.15) is 43.4 Å². The lowest BCUT2D eigenvalue weighted by Gasteiger charge is -2.39. The van der Waals surface area contributed by atoms with Gasteiger partial charge in [-0.15, -0.1) is 0 Å². The summed E-state index contributed by atoms with van der Waals surface area (Å²) in [5, 5.41) is 12.9. The van der Waals surface area contributed by atoms with Crippen LogP contribution in [0.25, 0.3) is 11.0 Å². The molecule has 1 unspecified atom stereocenters. The lowest BCUT2D eigenvalue weighted by atomic mass is 9.81. The summed E-state index contributed by atoms with van der Waals surface area (Å²) in [7, 11) is 0. The lowest BCUT2D eigenvalue weighted by molar-refractivity contribution is -0.128. The highest BCUT2D eigenvalue weighted by atomic mass is 19.1. The van der Waals surface area contributed by atoms with Crippen LogP contribution in [0, 0.1) is 28.5 Å². The normalized spacial score (nSPS) is 20.4. The minimum Gasteiger partial charge on any atom is -0.355 e. The molecule has 31 heavy (non-hydrogen) atoms. The van der Waals surface area contributed by atoms with E-state index in [2.05, 4.69) is 25.2 Å². The Bertz CT molecular complexity index is 1190. The van der Waals surface area contributed by atoms with Gasteiger partial charge in [-0.25, -0.2) is 14.4 Å². The predicted octanol–water partition coefficient (Wildman–Crippen LogP) is 3.45. The fourth-order valence-electron chi connectivity index (χ4n) is 4.87. The first kappa shape index (κ1) is 19.5. The molecule has 2 fully saturated rings. The van der Waals surface area contributed by atoms with Crippen LogP contribution < -0.4 is 10.2 Å². The molecule has 3 heterocycles. The van der Waals surface area contributed by atoms with E-state index in [0.29, 0.717) is 5.56 Å². The zero-order valence-electron chi connectivity index (χ0n) is 17.2. The van der Waals surface area contributed by atoms with Crippen LogP contribution in [0.3, 0.4) is 0 Å². The number of amides is 1. The van der Waals surface area contributed by atoms with E-state index in [1.54, 1.807) is 25.4 Å². The molecule has 2 N–H and O–H groups in total. The predicted molar refractivity (Wildman–Crippen MR) is 114 cm³/mol. The number of H-pyrrole nitrogens is 1. The van der Waals surface area contributed by atoms with Gasteiger partial charge in [-0.2, -0.15) is 5.26 Å². The molecule has 3 aromatic rings. The van der Waals surface area contributed by atoms with E-state index in [0.717, 1.165) is 49.2 Å². The third kappa shape index (κ3) is 3.40. The number of nitrogens with one attached hydrogen (secondary N) is 2. The second kappa shape index (κ2) is 7.34. The second-order valence-electron chi connectivity index (χ2n) is 8.64. The smallest absolute Gasteiger partial charge is 0.224 e. The number of aromatic amines is 1. The molecule has 1 saturated heterocycles. The Labute approximate surface area is 179 Å². The van der Waals surface area contributed by atoms with Crippen LogP contribution in [0.4, 0.5) is 10.2 Å². The molecular formula is C23H23FN6O. The summed E-state index contributed by atoms with van der Waals surface area (Å²) >= 11 is 0. The van der Waals surface area contributed by atoms with Crippen molar-refractivity contribution in [3.8, 4) is 6.07 Å². The highest BCUT2D eigenvalue weighted by molar-refractivity contribution is 5.88. The molecule has 1 aliphatic carbocycles. The first-order chi connectivity index (χ1) is 15.0. The third-order valence-electron chi connectivity index (χ3n) is 6.73. The van der Waals surface area contributed by atoms with Gasteiger partial charge in [-0.3, -0.25) is 4.79 Å². The van der Waals surface area contributed by atoms with E-state index in [-0.39, 0.29) is 22.8 Å². The fourth-order valence-corrected chi connectivity index (χ4v) is 4.87. The molecule has 1 aromatic carbocycles. The molecule has 7 nitrogen and oxygen atoms in total. The number of hydrogen-bond donors (Lipinski definition) is 2. The SMILES string of the molecule is CC(NC(=O)[C@H]1CCN(c2ncnc3[nH]ccc23)CC12CC2)c1ccc(C#N)cc1F. The van der Waals surface area contributed by atoms with Crippen molar-refractivity contribution >= 4 is 22.8 Å². The van der Waals surface area contributed by atoms with Crippen molar-refractivity contribution in [1.82, 2.24) is 20.3 Å². The molecule has 1 spiro atoms. The van der Waals surface area contributed by atoms with Crippen molar-refractivity contribution in [3.63, 3.8) is 0 Å². The molecule has 1 saturated carbocycles. The Morgan fingerprint density at radius 1 is 1.39 bits per heavy atom. The summed E-state index contributed by atoms with van der Waals surface area (Å²) in [4.78, 5) is 27.3. The second-order valence-corrected chi connectivity index (χ2v) is 8.64. The molecule has 8 heteroatoms. The molecule has 0 bridgehead atoms. The van der Waals surface area contributed by atoms with Gasteiger partial charge in [0, 0.05) is 30.8 Å². The topological polar surface area (TPSA) is 97.7 Å². The molecule has 0 radical (unpaired) electrons. The number of carbonyl (C=O) groups excluding carboxylic acids is 1. The minimum absolute atomic E-state index is 0.0251. The molecule has 2 atom stereocenters. The number of aromatic nitrogens is 3. The van der Waals surface area contributed by atoms with Gasteiger partial charge in [0.15, 0.2) is 0 Å². The summed E-state index contributed by atoms with van der Waals surface area (Å²) in [6, 6.07) is 7.81. The number of halogens is 1. The maximum Gasteiger partial charge on any atom is 0.224 e. The van der Waals surface area contributed by atoms with Gasteiger partial charge in [0.2, 0.25) is 5.91 Å². The summed E-state index contributed by atoms with van der Waals surface area (Å²) in [5.74, 6) is 0.311. The molecule has 158 valence electrons.